The zero-order valence-electron chi connectivity index (χ0n) is 16.9. The summed E-state index contributed by atoms with van der Waals surface area (Å²) in [6.45, 7) is 2.07. The molecule has 0 atom stereocenters. The fraction of sp³-hybridized carbons (Fsp3) is 0.174. The molecule has 1 aliphatic rings. The number of nitrogens with one attached hydrogen (secondary N) is 4. The molecule has 8 heteroatoms. The fourth-order valence-electron chi connectivity index (χ4n) is 4.20. The molecule has 5 rings (SSSR count). The first-order valence-electron chi connectivity index (χ1n) is 10.2. The number of aromatic nitrogens is 2. The Labute approximate surface area is 185 Å². The summed E-state index contributed by atoms with van der Waals surface area (Å²) >= 11 is 6.58. The van der Waals surface area contributed by atoms with Crippen LogP contribution in [0.5, 0.6) is 0 Å². The Hall–Kier alpha value is -2.78. The summed E-state index contributed by atoms with van der Waals surface area (Å²) in [6.07, 6.45) is 2.28. The predicted molar refractivity (Wildman–Crippen MR) is 120 cm³/mol. The van der Waals surface area contributed by atoms with Gasteiger partial charge in [-0.15, -0.1) is 0 Å². The fourth-order valence-corrected chi connectivity index (χ4v) is 4.45. The average Bonchev–Trinajstić information content (AvgIpc) is 3.47. The van der Waals surface area contributed by atoms with E-state index in [1.165, 1.54) is 0 Å². The quantitative estimate of drug-likeness (QED) is 0.332. The highest BCUT2D eigenvalue weighted by Gasteiger charge is 2.39. The Balaban J connectivity index is 1.77. The van der Waals surface area contributed by atoms with Gasteiger partial charge in [-0.3, -0.25) is 0 Å². The Morgan fingerprint density at radius 3 is 2.13 bits per heavy atom. The van der Waals surface area contributed by atoms with Crippen molar-refractivity contribution in [2.45, 2.75) is 25.1 Å². The molecule has 4 aromatic rings. The number of benzene rings is 2. The second kappa shape index (κ2) is 8.05. The lowest BCUT2D eigenvalue weighted by molar-refractivity contribution is 0.119. The lowest BCUT2D eigenvalue weighted by Gasteiger charge is -2.28. The van der Waals surface area contributed by atoms with E-state index in [-0.39, 0.29) is 6.17 Å². The average molecular weight is 435 g/mol. The van der Waals surface area contributed by atoms with E-state index in [1.807, 2.05) is 66.7 Å². The van der Waals surface area contributed by atoms with Crippen LogP contribution in [-0.2, 0) is 12.0 Å². The molecule has 1 fully saturated rings. The Morgan fingerprint density at radius 1 is 1.00 bits per heavy atom. The molecule has 158 valence electrons. The van der Waals surface area contributed by atoms with Crippen molar-refractivity contribution >= 4 is 17.1 Å². The molecule has 0 amide bonds. The van der Waals surface area contributed by atoms with Gasteiger partial charge in [0.1, 0.15) is 11.9 Å². The molecular weight excluding hydrogens is 412 g/mol. The van der Waals surface area contributed by atoms with Crippen molar-refractivity contribution in [2.24, 2.45) is 0 Å². The first kappa shape index (κ1) is 20.1. The van der Waals surface area contributed by atoms with E-state index >= 15 is 0 Å². The van der Waals surface area contributed by atoms with Gasteiger partial charge >= 0.3 is 0 Å². The number of aryl methyl sites for hydroxylation is 1. The van der Waals surface area contributed by atoms with Gasteiger partial charge < -0.3 is 5.11 Å². The third-order valence-corrected chi connectivity index (χ3v) is 6.05. The number of nitrogens with zero attached hydrogens (tertiary/aromatic N) is 2. The van der Waals surface area contributed by atoms with Gasteiger partial charge in [0, 0.05) is 17.3 Å². The largest absolute Gasteiger partial charge is 0.374 e. The van der Waals surface area contributed by atoms with Gasteiger partial charge in [0.25, 0.3) is 0 Å². The molecule has 0 spiro atoms. The Morgan fingerprint density at radius 2 is 1.58 bits per heavy atom. The second-order valence-electron chi connectivity index (χ2n) is 7.50. The third kappa shape index (κ3) is 3.32. The van der Waals surface area contributed by atoms with Crippen molar-refractivity contribution in [1.82, 2.24) is 31.5 Å². The van der Waals surface area contributed by atoms with Crippen molar-refractivity contribution in [3.63, 3.8) is 0 Å². The minimum Gasteiger partial charge on any atom is -0.374 e. The molecular formula is C23H23ClN6O. The highest BCUT2D eigenvalue weighted by atomic mass is 35.5. The van der Waals surface area contributed by atoms with E-state index in [4.69, 9.17) is 16.7 Å². The summed E-state index contributed by atoms with van der Waals surface area (Å²) in [4.78, 5) is 0. The molecule has 0 saturated carbocycles. The van der Waals surface area contributed by atoms with Crippen molar-refractivity contribution in [3.8, 4) is 0 Å². The van der Waals surface area contributed by atoms with Gasteiger partial charge in [0.2, 0.25) is 0 Å². The van der Waals surface area contributed by atoms with Crippen molar-refractivity contribution in [1.29, 1.82) is 0 Å². The van der Waals surface area contributed by atoms with E-state index in [0.29, 0.717) is 17.1 Å². The van der Waals surface area contributed by atoms with Crippen molar-refractivity contribution in [3.05, 3.63) is 106 Å². The van der Waals surface area contributed by atoms with Crippen LogP contribution < -0.4 is 21.9 Å². The van der Waals surface area contributed by atoms with Crippen LogP contribution in [0.25, 0.3) is 5.52 Å². The molecule has 2 aromatic heterocycles. The maximum absolute atomic E-state index is 12.2. The molecule has 2 aromatic carbocycles. The molecule has 31 heavy (non-hydrogen) atoms. The minimum absolute atomic E-state index is 0.206. The maximum Gasteiger partial charge on any atom is 0.159 e. The summed E-state index contributed by atoms with van der Waals surface area (Å²) in [5.74, 6) is 0. The molecule has 0 bridgehead atoms. The molecule has 1 aliphatic heterocycles. The van der Waals surface area contributed by atoms with Gasteiger partial charge in [-0.2, -0.15) is 16.2 Å². The standard InChI is InChI=1S/C23H23ClN6O/c1-2-17-20-13-18(22-25-28-29-26-22)19(24)14-30(20)27-21(17)23(31,15-9-5-3-6-10-15)16-11-7-4-8-12-16/h3-14,22,25-26,28-29,31H,2H2,1H3. The molecule has 1 saturated heterocycles. The molecule has 0 aliphatic carbocycles. The number of aliphatic hydroxyl groups is 1. The maximum atomic E-state index is 12.2. The first-order valence-corrected chi connectivity index (χ1v) is 10.6. The van der Waals surface area contributed by atoms with Crippen molar-refractivity contribution in [2.75, 3.05) is 0 Å². The highest BCUT2D eigenvalue weighted by Crippen LogP contribution is 2.39. The molecule has 5 N–H and O–H groups in total. The SMILES string of the molecule is CCc1c(C(O)(c2ccccc2)c2ccccc2)nn2cc(Cl)c(C3NNNN3)cc12. The van der Waals surface area contributed by atoms with Crippen LogP contribution >= 0.6 is 11.6 Å². The van der Waals surface area contributed by atoms with Crippen LogP contribution in [0.3, 0.4) is 0 Å². The topological polar surface area (TPSA) is 85.7 Å². The summed E-state index contributed by atoms with van der Waals surface area (Å²) < 4.78 is 1.76. The molecule has 7 nitrogen and oxygen atoms in total. The summed E-state index contributed by atoms with van der Waals surface area (Å²) in [5.41, 5.74) is 15.2. The predicted octanol–water partition coefficient (Wildman–Crippen LogP) is 2.95. The number of pyridine rings is 1. The molecule has 0 radical (unpaired) electrons. The highest BCUT2D eigenvalue weighted by molar-refractivity contribution is 6.31. The van der Waals surface area contributed by atoms with E-state index in [9.17, 15) is 5.11 Å². The third-order valence-electron chi connectivity index (χ3n) is 5.74. The van der Waals surface area contributed by atoms with Gasteiger partial charge in [-0.05, 0) is 23.6 Å². The van der Waals surface area contributed by atoms with Crippen LogP contribution in [0.4, 0.5) is 0 Å². The zero-order chi connectivity index (χ0) is 21.4. The number of fused-ring (bicyclic) bond motifs is 1. The summed E-state index contributed by atoms with van der Waals surface area (Å²) in [5, 5.41) is 17.6. The molecule has 0 unspecified atom stereocenters. The number of hydrogen-bond acceptors (Lipinski definition) is 6. The first-order chi connectivity index (χ1) is 15.1. The van der Waals surface area contributed by atoms with E-state index in [0.717, 1.165) is 27.8 Å². The lowest BCUT2D eigenvalue weighted by Crippen LogP contribution is -2.33. The number of rotatable bonds is 5. The van der Waals surface area contributed by atoms with Gasteiger partial charge in [0.05, 0.1) is 10.5 Å². The van der Waals surface area contributed by atoms with Crippen LogP contribution in [0.1, 0.15) is 41.0 Å². The molecule has 3 heterocycles. The number of halogens is 1. The van der Waals surface area contributed by atoms with Crippen LogP contribution in [0.2, 0.25) is 5.02 Å². The summed E-state index contributed by atoms with van der Waals surface area (Å²) in [7, 11) is 0. The van der Waals surface area contributed by atoms with Crippen molar-refractivity contribution < 1.29 is 5.11 Å². The van der Waals surface area contributed by atoms with E-state index in [1.54, 1.807) is 10.7 Å². The van der Waals surface area contributed by atoms with Gasteiger partial charge in [0.15, 0.2) is 5.60 Å². The number of hydrazine groups is 3. The zero-order valence-corrected chi connectivity index (χ0v) is 17.7. The van der Waals surface area contributed by atoms with Crippen LogP contribution in [-0.4, -0.2) is 14.7 Å². The normalized spacial score (nSPS) is 15.1. The monoisotopic (exact) mass is 434 g/mol. The number of hydrogen-bond donors (Lipinski definition) is 5. The van der Waals surface area contributed by atoms with Crippen LogP contribution in [0, 0.1) is 0 Å². The van der Waals surface area contributed by atoms with E-state index in [2.05, 4.69) is 28.8 Å². The lowest BCUT2D eigenvalue weighted by atomic mass is 9.81. The second-order valence-corrected chi connectivity index (χ2v) is 7.91. The Bertz CT molecular complexity index is 1170. The van der Waals surface area contributed by atoms with E-state index < -0.39 is 5.60 Å². The Kier molecular flexibility index (Phi) is 5.23. The van der Waals surface area contributed by atoms with Gasteiger partial charge in [-0.1, -0.05) is 79.2 Å². The minimum atomic E-state index is -1.40. The van der Waals surface area contributed by atoms with Crippen LogP contribution in [0.15, 0.2) is 72.9 Å². The smallest absolute Gasteiger partial charge is 0.159 e. The summed E-state index contributed by atoms with van der Waals surface area (Å²) in [6, 6.07) is 21.3. The van der Waals surface area contributed by atoms with Gasteiger partial charge in [-0.25, -0.2) is 15.4 Å².